The van der Waals surface area contributed by atoms with Gasteiger partial charge in [0.05, 0.1) is 19.1 Å². The Hall–Kier alpha value is -1.10. The van der Waals surface area contributed by atoms with E-state index in [-0.39, 0.29) is 23.8 Å². The van der Waals surface area contributed by atoms with Crippen molar-refractivity contribution < 1.29 is 14.3 Å². The van der Waals surface area contributed by atoms with Crippen LogP contribution >= 0.6 is 0 Å². The third kappa shape index (κ3) is 5.04. The lowest BCUT2D eigenvalue weighted by atomic mass is 9.98. The molecule has 0 aliphatic carbocycles. The Labute approximate surface area is 109 Å². The number of carbonyl (C=O) groups excluding carboxylic acids is 2. The Balaban J connectivity index is 2.39. The lowest BCUT2D eigenvalue weighted by Gasteiger charge is -2.31. The van der Waals surface area contributed by atoms with Crippen molar-refractivity contribution in [2.45, 2.75) is 39.7 Å². The van der Waals surface area contributed by atoms with Gasteiger partial charge in [-0.05, 0) is 40.2 Å². The third-order valence-corrected chi connectivity index (χ3v) is 2.94. The molecule has 18 heavy (non-hydrogen) atoms. The molecule has 1 atom stereocenters. The molecule has 1 aliphatic heterocycles. The molecular formula is C13H24N2O3. The highest BCUT2D eigenvalue weighted by molar-refractivity contribution is 5.78. The van der Waals surface area contributed by atoms with Crippen molar-refractivity contribution in [3.8, 4) is 0 Å². The van der Waals surface area contributed by atoms with Crippen molar-refractivity contribution in [3.05, 3.63) is 0 Å². The molecule has 1 fully saturated rings. The molecule has 1 rings (SSSR count). The predicted octanol–water partition coefficient (Wildman–Crippen LogP) is 0.786. The monoisotopic (exact) mass is 256 g/mol. The first kappa shape index (κ1) is 15.0. The van der Waals surface area contributed by atoms with Gasteiger partial charge >= 0.3 is 5.97 Å². The minimum atomic E-state index is -0.133. The standard InChI is InChI=1S/C13H24N2O3/c1-4-18-13(17)11-6-5-7-15(8-11)9-12(16)14-10(2)3/h10-11H,4-9H2,1-3H3,(H,14,16). The molecule has 1 N–H and O–H groups in total. The molecule has 0 bridgehead atoms. The molecule has 1 saturated heterocycles. The van der Waals surface area contributed by atoms with E-state index >= 15 is 0 Å². The van der Waals surface area contributed by atoms with Crippen LogP contribution in [0.2, 0.25) is 0 Å². The van der Waals surface area contributed by atoms with Gasteiger partial charge in [-0.1, -0.05) is 0 Å². The topological polar surface area (TPSA) is 58.6 Å². The first-order chi connectivity index (χ1) is 8.52. The summed E-state index contributed by atoms with van der Waals surface area (Å²) in [7, 11) is 0. The van der Waals surface area contributed by atoms with Crippen molar-refractivity contribution in [2.75, 3.05) is 26.2 Å². The van der Waals surface area contributed by atoms with Crippen LogP contribution in [0.15, 0.2) is 0 Å². The highest BCUT2D eigenvalue weighted by Crippen LogP contribution is 2.17. The average molecular weight is 256 g/mol. The van der Waals surface area contributed by atoms with E-state index in [9.17, 15) is 9.59 Å². The van der Waals surface area contributed by atoms with E-state index in [1.165, 1.54) is 0 Å². The maximum atomic E-state index is 11.7. The Morgan fingerprint density at radius 3 is 2.78 bits per heavy atom. The summed E-state index contributed by atoms with van der Waals surface area (Å²) in [6.07, 6.45) is 1.81. The summed E-state index contributed by atoms with van der Waals surface area (Å²) in [5.41, 5.74) is 0. The first-order valence-electron chi connectivity index (χ1n) is 6.71. The summed E-state index contributed by atoms with van der Waals surface area (Å²) in [6, 6.07) is 0.156. The minimum absolute atomic E-state index is 0.0227. The lowest BCUT2D eigenvalue weighted by Crippen LogP contribution is -2.45. The Morgan fingerprint density at radius 1 is 1.44 bits per heavy atom. The SMILES string of the molecule is CCOC(=O)C1CCCN(CC(=O)NC(C)C)C1. The van der Waals surface area contributed by atoms with Gasteiger partial charge in [-0.2, -0.15) is 0 Å². The quantitative estimate of drug-likeness (QED) is 0.739. The summed E-state index contributed by atoms with van der Waals surface area (Å²) >= 11 is 0. The number of amides is 1. The summed E-state index contributed by atoms with van der Waals surface area (Å²) < 4.78 is 5.03. The average Bonchev–Trinajstić information content (AvgIpc) is 2.28. The van der Waals surface area contributed by atoms with Crippen molar-refractivity contribution in [2.24, 2.45) is 5.92 Å². The first-order valence-corrected chi connectivity index (χ1v) is 6.71. The number of nitrogens with zero attached hydrogens (tertiary/aromatic N) is 1. The minimum Gasteiger partial charge on any atom is -0.466 e. The number of likely N-dealkylation sites (tertiary alicyclic amines) is 1. The molecule has 0 aromatic heterocycles. The number of hydrogen-bond acceptors (Lipinski definition) is 4. The number of hydrogen-bond donors (Lipinski definition) is 1. The van der Waals surface area contributed by atoms with Crippen molar-refractivity contribution in [1.82, 2.24) is 10.2 Å². The highest BCUT2D eigenvalue weighted by Gasteiger charge is 2.27. The van der Waals surface area contributed by atoms with E-state index in [0.29, 0.717) is 19.7 Å². The van der Waals surface area contributed by atoms with Crippen LogP contribution in [0, 0.1) is 5.92 Å². The number of nitrogens with one attached hydrogen (secondary N) is 1. The molecule has 0 aromatic carbocycles. The van der Waals surface area contributed by atoms with Gasteiger partial charge in [0.15, 0.2) is 0 Å². The Kier molecular flexibility index (Phi) is 6.12. The second-order valence-corrected chi connectivity index (χ2v) is 5.05. The second-order valence-electron chi connectivity index (χ2n) is 5.05. The smallest absolute Gasteiger partial charge is 0.310 e. The van der Waals surface area contributed by atoms with Gasteiger partial charge in [-0.15, -0.1) is 0 Å². The molecule has 5 heteroatoms. The predicted molar refractivity (Wildman–Crippen MR) is 69.1 cm³/mol. The molecule has 1 unspecified atom stereocenters. The zero-order valence-corrected chi connectivity index (χ0v) is 11.6. The summed E-state index contributed by atoms with van der Waals surface area (Å²) in [4.78, 5) is 25.3. The van der Waals surface area contributed by atoms with E-state index < -0.39 is 0 Å². The number of carbonyl (C=O) groups is 2. The van der Waals surface area contributed by atoms with E-state index in [2.05, 4.69) is 5.32 Å². The molecule has 0 spiro atoms. The molecule has 104 valence electrons. The maximum absolute atomic E-state index is 11.7. The van der Waals surface area contributed by atoms with Crippen LogP contribution in [0.1, 0.15) is 33.6 Å². The Bertz CT molecular complexity index is 292. The largest absolute Gasteiger partial charge is 0.466 e. The molecule has 0 saturated carbocycles. The summed E-state index contributed by atoms with van der Waals surface area (Å²) in [6.45, 7) is 7.99. The fourth-order valence-corrected chi connectivity index (χ4v) is 2.22. The summed E-state index contributed by atoms with van der Waals surface area (Å²) in [5.74, 6) is -0.188. The van der Waals surface area contributed by atoms with E-state index in [4.69, 9.17) is 4.74 Å². The van der Waals surface area contributed by atoms with Gasteiger partial charge in [0.25, 0.3) is 0 Å². The van der Waals surface area contributed by atoms with Crippen LogP contribution in [0.25, 0.3) is 0 Å². The zero-order valence-electron chi connectivity index (χ0n) is 11.6. The second kappa shape index (κ2) is 7.36. The van der Waals surface area contributed by atoms with Gasteiger partial charge in [0.2, 0.25) is 5.91 Å². The zero-order chi connectivity index (χ0) is 13.5. The van der Waals surface area contributed by atoms with Crippen LogP contribution in [-0.4, -0.2) is 49.1 Å². The number of piperidine rings is 1. The van der Waals surface area contributed by atoms with Gasteiger partial charge < -0.3 is 10.1 Å². The van der Waals surface area contributed by atoms with E-state index in [0.717, 1.165) is 19.4 Å². The molecule has 0 aromatic rings. The number of esters is 1. The van der Waals surface area contributed by atoms with Crippen molar-refractivity contribution >= 4 is 11.9 Å². The Morgan fingerprint density at radius 2 is 2.17 bits per heavy atom. The van der Waals surface area contributed by atoms with Crippen LogP contribution in [0.3, 0.4) is 0 Å². The fourth-order valence-electron chi connectivity index (χ4n) is 2.22. The fraction of sp³-hybridized carbons (Fsp3) is 0.846. The van der Waals surface area contributed by atoms with Gasteiger partial charge in [0.1, 0.15) is 0 Å². The highest BCUT2D eigenvalue weighted by atomic mass is 16.5. The summed E-state index contributed by atoms with van der Waals surface area (Å²) in [5, 5.41) is 2.86. The van der Waals surface area contributed by atoms with Crippen LogP contribution in [0.5, 0.6) is 0 Å². The maximum Gasteiger partial charge on any atom is 0.310 e. The molecule has 1 heterocycles. The molecule has 1 aliphatic rings. The van der Waals surface area contributed by atoms with E-state index in [1.807, 2.05) is 25.7 Å². The molecule has 0 radical (unpaired) electrons. The number of ether oxygens (including phenoxy) is 1. The molecule has 1 amide bonds. The molecule has 5 nitrogen and oxygen atoms in total. The van der Waals surface area contributed by atoms with E-state index in [1.54, 1.807) is 0 Å². The van der Waals surface area contributed by atoms with Gasteiger partial charge in [-0.25, -0.2) is 0 Å². The van der Waals surface area contributed by atoms with Crippen LogP contribution in [0.4, 0.5) is 0 Å². The third-order valence-electron chi connectivity index (χ3n) is 2.94. The van der Waals surface area contributed by atoms with Gasteiger partial charge in [0, 0.05) is 12.6 Å². The number of rotatable bonds is 5. The van der Waals surface area contributed by atoms with Crippen molar-refractivity contribution in [3.63, 3.8) is 0 Å². The van der Waals surface area contributed by atoms with Crippen molar-refractivity contribution in [1.29, 1.82) is 0 Å². The normalized spacial score (nSPS) is 20.8. The molecular weight excluding hydrogens is 232 g/mol. The van der Waals surface area contributed by atoms with Gasteiger partial charge in [-0.3, -0.25) is 14.5 Å². The van der Waals surface area contributed by atoms with Crippen LogP contribution in [-0.2, 0) is 14.3 Å². The van der Waals surface area contributed by atoms with Crippen LogP contribution < -0.4 is 5.32 Å². The lowest BCUT2D eigenvalue weighted by molar-refractivity contribution is -0.150.